The minimum atomic E-state index is -0.836. The van der Waals surface area contributed by atoms with Gasteiger partial charge in [-0.3, -0.25) is 19.3 Å². The minimum absolute atomic E-state index is 0.140. The van der Waals surface area contributed by atoms with Crippen molar-refractivity contribution in [2.75, 3.05) is 12.4 Å². The van der Waals surface area contributed by atoms with Crippen molar-refractivity contribution in [3.8, 4) is 5.75 Å². The third-order valence-corrected chi connectivity index (χ3v) is 6.61. The average Bonchev–Trinajstić information content (AvgIpc) is 3.24. The molecule has 2 aliphatic rings. The van der Waals surface area contributed by atoms with Crippen LogP contribution < -0.4 is 10.1 Å². The second-order valence-electron chi connectivity index (χ2n) is 8.19. The number of thiazole rings is 1. The first-order chi connectivity index (χ1) is 14.4. The van der Waals surface area contributed by atoms with Gasteiger partial charge in [0.2, 0.25) is 17.7 Å². The van der Waals surface area contributed by atoms with Crippen molar-refractivity contribution < 1.29 is 19.1 Å². The first-order valence-electron chi connectivity index (χ1n) is 10.2. The SMILES string of the molecule is COc1ccc2nc(NC(=O)C(CC(C)C)N3C(=O)C4CC=CCC4C3=O)sc2c1. The Hall–Kier alpha value is -2.74. The van der Waals surface area contributed by atoms with E-state index in [4.69, 9.17) is 4.74 Å². The van der Waals surface area contributed by atoms with Crippen molar-refractivity contribution in [2.24, 2.45) is 17.8 Å². The van der Waals surface area contributed by atoms with Crippen molar-refractivity contribution in [1.29, 1.82) is 0 Å². The summed E-state index contributed by atoms with van der Waals surface area (Å²) in [4.78, 5) is 44.9. The van der Waals surface area contributed by atoms with Gasteiger partial charge in [0.15, 0.2) is 5.13 Å². The van der Waals surface area contributed by atoms with Gasteiger partial charge in [-0.15, -0.1) is 0 Å². The molecule has 0 spiro atoms. The van der Waals surface area contributed by atoms with Crippen molar-refractivity contribution in [2.45, 2.75) is 39.2 Å². The standard InChI is InChI=1S/C22H25N3O4S/c1-12(2)10-17(25-20(27)14-6-4-5-7-15(14)21(25)28)19(26)24-22-23-16-9-8-13(29-3)11-18(16)30-22/h4-5,8-9,11-12,14-15,17H,6-7,10H2,1-3H3,(H,23,24,26). The summed E-state index contributed by atoms with van der Waals surface area (Å²) in [5.74, 6) is -0.677. The van der Waals surface area contributed by atoms with Gasteiger partial charge < -0.3 is 10.1 Å². The number of amides is 3. The minimum Gasteiger partial charge on any atom is -0.497 e. The Morgan fingerprint density at radius 1 is 1.23 bits per heavy atom. The zero-order chi connectivity index (χ0) is 21.4. The number of hydrogen-bond acceptors (Lipinski definition) is 6. The van der Waals surface area contributed by atoms with E-state index in [9.17, 15) is 14.4 Å². The van der Waals surface area contributed by atoms with E-state index in [1.165, 1.54) is 16.2 Å². The van der Waals surface area contributed by atoms with Crippen LogP contribution in [-0.2, 0) is 14.4 Å². The quantitative estimate of drug-likeness (QED) is 0.562. The lowest BCUT2D eigenvalue weighted by molar-refractivity contribution is -0.147. The number of nitrogens with one attached hydrogen (secondary N) is 1. The van der Waals surface area contributed by atoms with Crippen LogP contribution in [-0.4, -0.2) is 40.8 Å². The third kappa shape index (κ3) is 3.71. The topological polar surface area (TPSA) is 88.6 Å². The molecule has 1 aliphatic heterocycles. The lowest BCUT2D eigenvalue weighted by Gasteiger charge is -2.26. The Labute approximate surface area is 179 Å². The maximum atomic E-state index is 13.2. The van der Waals surface area contributed by atoms with Gasteiger partial charge in [-0.05, 0) is 43.4 Å². The summed E-state index contributed by atoms with van der Waals surface area (Å²) in [5, 5.41) is 3.28. The van der Waals surface area contributed by atoms with Crippen LogP contribution in [0.4, 0.5) is 5.13 Å². The number of carbonyl (C=O) groups is 3. The molecule has 7 nitrogen and oxygen atoms in total. The molecule has 1 aliphatic carbocycles. The van der Waals surface area contributed by atoms with Crippen LogP contribution in [0, 0.1) is 17.8 Å². The number of aromatic nitrogens is 1. The van der Waals surface area contributed by atoms with E-state index >= 15 is 0 Å². The average molecular weight is 428 g/mol. The fourth-order valence-corrected chi connectivity index (χ4v) is 5.08. The largest absolute Gasteiger partial charge is 0.497 e. The summed E-state index contributed by atoms with van der Waals surface area (Å²) in [6.07, 6.45) is 5.42. The zero-order valence-electron chi connectivity index (χ0n) is 17.3. The predicted molar refractivity (Wildman–Crippen MR) is 115 cm³/mol. The molecule has 3 unspecified atom stereocenters. The molecule has 1 fully saturated rings. The number of ether oxygens (including phenoxy) is 1. The first kappa shape index (κ1) is 20.5. The summed E-state index contributed by atoms with van der Waals surface area (Å²) < 4.78 is 6.12. The Bertz CT molecular complexity index is 1000. The smallest absolute Gasteiger partial charge is 0.249 e. The zero-order valence-corrected chi connectivity index (χ0v) is 18.1. The molecule has 1 N–H and O–H groups in total. The van der Waals surface area contributed by atoms with Crippen molar-refractivity contribution >= 4 is 44.4 Å². The van der Waals surface area contributed by atoms with Crippen LogP contribution in [0.1, 0.15) is 33.1 Å². The highest BCUT2D eigenvalue weighted by Crippen LogP contribution is 2.37. The van der Waals surface area contributed by atoms with Gasteiger partial charge in [-0.25, -0.2) is 4.98 Å². The molecule has 2 aromatic rings. The molecule has 30 heavy (non-hydrogen) atoms. The number of carbonyl (C=O) groups excluding carboxylic acids is 3. The number of anilines is 1. The van der Waals surface area contributed by atoms with E-state index in [1.807, 2.05) is 44.2 Å². The van der Waals surface area contributed by atoms with Gasteiger partial charge in [-0.1, -0.05) is 37.3 Å². The van der Waals surface area contributed by atoms with Gasteiger partial charge in [0.25, 0.3) is 0 Å². The van der Waals surface area contributed by atoms with Crippen molar-refractivity contribution in [3.05, 3.63) is 30.4 Å². The second-order valence-corrected chi connectivity index (χ2v) is 9.22. The van der Waals surface area contributed by atoms with Crippen molar-refractivity contribution in [3.63, 3.8) is 0 Å². The molecule has 8 heteroatoms. The Kier molecular flexibility index (Phi) is 5.60. The molecule has 4 rings (SSSR count). The molecule has 158 valence electrons. The van der Waals surface area contributed by atoms with Crippen LogP contribution in [0.5, 0.6) is 5.75 Å². The van der Waals surface area contributed by atoms with E-state index < -0.39 is 6.04 Å². The number of fused-ring (bicyclic) bond motifs is 2. The number of imide groups is 1. The number of likely N-dealkylation sites (tertiary alicyclic amines) is 1. The lowest BCUT2D eigenvalue weighted by atomic mass is 9.85. The van der Waals surface area contributed by atoms with E-state index in [1.54, 1.807) is 7.11 Å². The molecule has 0 saturated carbocycles. The fourth-order valence-electron chi connectivity index (χ4n) is 4.18. The summed E-state index contributed by atoms with van der Waals surface area (Å²) in [6, 6.07) is 4.67. The van der Waals surface area contributed by atoms with E-state index in [-0.39, 0.29) is 35.5 Å². The van der Waals surface area contributed by atoms with E-state index in [0.717, 1.165) is 10.2 Å². The number of rotatable bonds is 6. The molecule has 1 aromatic carbocycles. The van der Waals surface area contributed by atoms with Crippen molar-refractivity contribution in [1.82, 2.24) is 9.88 Å². The summed E-state index contributed by atoms with van der Waals surface area (Å²) in [5.41, 5.74) is 0.752. The number of hydrogen-bond donors (Lipinski definition) is 1. The van der Waals surface area contributed by atoms with Crippen LogP contribution in [0.3, 0.4) is 0 Å². The number of allylic oxidation sites excluding steroid dienone is 2. The molecule has 0 radical (unpaired) electrons. The van der Waals surface area contributed by atoms with Crippen LogP contribution in [0.2, 0.25) is 0 Å². The van der Waals surface area contributed by atoms with Crippen LogP contribution >= 0.6 is 11.3 Å². The summed E-state index contributed by atoms with van der Waals surface area (Å²) >= 11 is 1.33. The first-order valence-corrected chi connectivity index (χ1v) is 11.0. The van der Waals surface area contributed by atoms with Gasteiger partial charge in [-0.2, -0.15) is 0 Å². The molecular formula is C22H25N3O4S. The van der Waals surface area contributed by atoms with Gasteiger partial charge >= 0.3 is 0 Å². The molecular weight excluding hydrogens is 402 g/mol. The van der Waals surface area contributed by atoms with Gasteiger partial charge in [0.05, 0.1) is 29.2 Å². The number of benzene rings is 1. The summed E-state index contributed by atoms with van der Waals surface area (Å²) in [6.45, 7) is 3.95. The van der Waals surface area contributed by atoms with Crippen LogP contribution in [0.15, 0.2) is 30.4 Å². The Morgan fingerprint density at radius 2 is 1.90 bits per heavy atom. The molecule has 3 atom stereocenters. The van der Waals surface area contributed by atoms with Gasteiger partial charge in [0, 0.05) is 0 Å². The molecule has 0 bridgehead atoms. The van der Waals surface area contributed by atoms with Crippen LogP contribution in [0.25, 0.3) is 10.2 Å². The van der Waals surface area contributed by atoms with E-state index in [2.05, 4.69) is 10.3 Å². The monoisotopic (exact) mass is 427 g/mol. The number of methoxy groups -OCH3 is 1. The highest BCUT2D eigenvalue weighted by Gasteiger charge is 2.51. The maximum Gasteiger partial charge on any atom is 0.249 e. The Balaban J connectivity index is 1.58. The highest BCUT2D eigenvalue weighted by molar-refractivity contribution is 7.22. The maximum absolute atomic E-state index is 13.2. The second kappa shape index (κ2) is 8.18. The fraction of sp³-hybridized carbons (Fsp3) is 0.455. The predicted octanol–water partition coefficient (Wildman–Crippen LogP) is 3.61. The molecule has 3 amide bonds. The third-order valence-electron chi connectivity index (χ3n) is 5.68. The van der Waals surface area contributed by atoms with E-state index in [0.29, 0.717) is 30.1 Å². The normalized spacial score (nSPS) is 21.9. The summed E-state index contributed by atoms with van der Waals surface area (Å²) in [7, 11) is 1.60. The molecule has 1 saturated heterocycles. The Morgan fingerprint density at radius 3 is 2.50 bits per heavy atom. The lowest BCUT2D eigenvalue weighted by Crippen LogP contribution is -2.48. The molecule has 1 aromatic heterocycles. The number of nitrogens with zero attached hydrogens (tertiary/aromatic N) is 2. The highest BCUT2D eigenvalue weighted by atomic mass is 32.1. The molecule has 2 heterocycles. The van der Waals surface area contributed by atoms with Gasteiger partial charge in [0.1, 0.15) is 11.8 Å².